The Morgan fingerprint density at radius 3 is 1.70 bits per heavy atom. The van der Waals surface area contributed by atoms with E-state index in [4.69, 9.17) is 10.8 Å². The van der Waals surface area contributed by atoms with Crippen molar-refractivity contribution in [3.8, 4) is 0 Å². The van der Waals surface area contributed by atoms with Gasteiger partial charge >= 0.3 is 11.9 Å². The largest absolute Gasteiger partial charge is 0.481 e. The molecule has 13 nitrogen and oxygen atoms in total. The maximum Gasteiger partial charge on any atom is 0.326 e. The smallest absolute Gasteiger partial charge is 0.326 e. The summed E-state index contributed by atoms with van der Waals surface area (Å²) in [5.74, 6) is -5.94. The van der Waals surface area contributed by atoms with Crippen molar-refractivity contribution in [1.29, 1.82) is 0 Å². The van der Waals surface area contributed by atoms with Crippen LogP contribution in [0.2, 0.25) is 0 Å². The summed E-state index contributed by atoms with van der Waals surface area (Å²) in [6.07, 6.45) is -2.04. The summed E-state index contributed by atoms with van der Waals surface area (Å²) < 4.78 is 0. The third-order valence-electron chi connectivity index (χ3n) is 3.97. The fourth-order valence-electron chi connectivity index (χ4n) is 2.30. The molecule has 0 aliphatic carbocycles. The standard InChI is InChI=1S/C17H30N4O9/c1-7(2)4-10(17(29)30)20-15(27)11(6-22)21-14(26)9(5-12(24)25)19-16(28)13(18)8(3)23/h7-11,13,22-23H,4-6,18H2,1-3H3,(H,19,28)(H,20,27)(H,21,26)(H,24,25)(H,29,30). The molecule has 0 radical (unpaired) electrons. The molecule has 0 aromatic rings. The van der Waals surface area contributed by atoms with E-state index in [1.807, 2.05) is 0 Å². The maximum absolute atomic E-state index is 12.4. The van der Waals surface area contributed by atoms with Crippen molar-refractivity contribution in [2.75, 3.05) is 6.61 Å². The summed E-state index contributed by atoms with van der Waals surface area (Å²) in [7, 11) is 0. The van der Waals surface area contributed by atoms with E-state index in [1.54, 1.807) is 13.8 Å². The molecule has 5 unspecified atom stereocenters. The zero-order chi connectivity index (χ0) is 23.6. The van der Waals surface area contributed by atoms with Crippen LogP contribution in [0.5, 0.6) is 0 Å². The molecule has 9 N–H and O–H groups in total. The molecule has 13 heteroatoms. The molecule has 0 spiro atoms. The van der Waals surface area contributed by atoms with Crippen LogP contribution in [-0.2, 0) is 24.0 Å². The first-order chi connectivity index (χ1) is 13.8. The van der Waals surface area contributed by atoms with Crippen LogP contribution in [0, 0.1) is 5.92 Å². The Labute approximate surface area is 173 Å². The van der Waals surface area contributed by atoms with Gasteiger partial charge in [-0.2, -0.15) is 0 Å². The van der Waals surface area contributed by atoms with Gasteiger partial charge in [-0.25, -0.2) is 4.79 Å². The average molecular weight is 434 g/mol. The highest BCUT2D eigenvalue weighted by molar-refractivity contribution is 5.95. The van der Waals surface area contributed by atoms with Gasteiger partial charge in [0, 0.05) is 0 Å². The Kier molecular flexibility index (Phi) is 11.5. The van der Waals surface area contributed by atoms with Gasteiger partial charge in [0.15, 0.2) is 0 Å². The van der Waals surface area contributed by atoms with Gasteiger partial charge in [-0.15, -0.1) is 0 Å². The van der Waals surface area contributed by atoms with Crippen LogP contribution in [0.15, 0.2) is 0 Å². The van der Waals surface area contributed by atoms with Gasteiger partial charge in [-0.1, -0.05) is 13.8 Å². The minimum Gasteiger partial charge on any atom is -0.481 e. The Hall–Kier alpha value is -2.77. The fourth-order valence-corrected chi connectivity index (χ4v) is 2.30. The lowest BCUT2D eigenvalue weighted by Gasteiger charge is -2.24. The van der Waals surface area contributed by atoms with Gasteiger partial charge in [0.05, 0.1) is 19.1 Å². The SMILES string of the molecule is CC(C)CC(NC(=O)C(CO)NC(=O)C(CC(=O)O)NC(=O)C(N)C(C)O)C(=O)O. The average Bonchev–Trinajstić information content (AvgIpc) is 2.62. The van der Waals surface area contributed by atoms with E-state index in [9.17, 15) is 39.3 Å². The second kappa shape index (κ2) is 12.7. The van der Waals surface area contributed by atoms with Crippen molar-refractivity contribution in [3.63, 3.8) is 0 Å². The number of hydrogen-bond donors (Lipinski definition) is 8. The first kappa shape index (κ1) is 27.2. The predicted octanol–water partition coefficient (Wildman–Crippen LogP) is -3.25. The molecular weight excluding hydrogens is 404 g/mol. The van der Waals surface area contributed by atoms with Gasteiger partial charge in [0.1, 0.15) is 24.2 Å². The van der Waals surface area contributed by atoms with E-state index < -0.39 is 73.0 Å². The minimum atomic E-state index is -1.66. The van der Waals surface area contributed by atoms with Gasteiger partial charge in [0.2, 0.25) is 17.7 Å². The number of carbonyl (C=O) groups excluding carboxylic acids is 3. The second-order valence-corrected chi connectivity index (χ2v) is 7.20. The molecule has 0 aromatic carbocycles. The number of carboxylic acids is 2. The Morgan fingerprint density at radius 2 is 1.30 bits per heavy atom. The number of amides is 3. The minimum absolute atomic E-state index is 0.0677. The van der Waals surface area contributed by atoms with Crippen molar-refractivity contribution in [3.05, 3.63) is 0 Å². The highest BCUT2D eigenvalue weighted by atomic mass is 16.4. The zero-order valence-electron chi connectivity index (χ0n) is 17.0. The summed E-state index contributed by atoms with van der Waals surface area (Å²) in [5.41, 5.74) is 5.44. The lowest BCUT2D eigenvalue weighted by molar-refractivity contribution is -0.144. The van der Waals surface area contributed by atoms with Gasteiger partial charge in [0.25, 0.3) is 0 Å². The topological polar surface area (TPSA) is 228 Å². The van der Waals surface area contributed by atoms with E-state index in [2.05, 4.69) is 16.0 Å². The van der Waals surface area contributed by atoms with Crippen molar-refractivity contribution < 1.29 is 44.4 Å². The van der Waals surface area contributed by atoms with Gasteiger partial charge in [-0.3, -0.25) is 19.2 Å². The lowest BCUT2D eigenvalue weighted by atomic mass is 10.0. The zero-order valence-corrected chi connectivity index (χ0v) is 17.0. The van der Waals surface area contributed by atoms with Gasteiger partial charge < -0.3 is 42.1 Å². The number of nitrogens with one attached hydrogen (secondary N) is 3. The first-order valence-electron chi connectivity index (χ1n) is 9.20. The second-order valence-electron chi connectivity index (χ2n) is 7.20. The van der Waals surface area contributed by atoms with Crippen LogP contribution in [0.25, 0.3) is 0 Å². The summed E-state index contributed by atoms with van der Waals surface area (Å²) in [4.78, 5) is 58.8. The van der Waals surface area contributed by atoms with E-state index >= 15 is 0 Å². The number of aliphatic hydroxyl groups is 2. The molecule has 5 atom stereocenters. The van der Waals surface area contributed by atoms with Crippen LogP contribution in [0.1, 0.15) is 33.6 Å². The maximum atomic E-state index is 12.4. The molecule has 0 heterocycles. The summed E-state index contributed by atoms with van der Waals surface area (Å²) in [6, 6.07) is -5.95. The van der Waals surface area contributed by atoms with Crippen molar-refractivity contribution in [2.45, 2.75) is 63.9 Å². The molecule has 3 amide bonds. The predicted molar refractivity (Wildman–Crippen MR) is 102 cm³/mol. The number of nitrogens with two attached hydrogens (primary N) is 1. The molecule has 0 fully saturated rings. The fraction of sp³-hybridized carbons (Fsp3) is 0.706. The highest BCUT2D eigenvalue weighted by Crippen LogP contribution is 2.05. The molecule has 0 aliphatic heterocycles. The third-order valence-corrected chi connectivity index (χ3v) is 3.97. The van der Waals surface area contributed by atoms with Crippen LogP contribution in [0.4, 0.5) is 0 Å². The lowest BCUT2D eigenvalue weighted by Crippen LogP contribution is -2.59. The van der Waals surface area contributed by atoms with Crippen molar-refractivity contribution in [2.24, 2.45) is 11.7 Å². The Bertz CT molecular complexity index is 639. The molecule has 0 bridgehead atoms. The van der Waals surface area contributed by atoms with Crippen LogP contribution < -0.4 is 21.7 Å². The number of rotatable bonds is 13. The molecule has 0 aliphatic rings. The van der Waals surface area contributed by atoms with Crippen molar-refractivity contribution >= 4 is 29.7 Å². The Morgan fingerprint density at radius 1 is 0.833 bits per heavy atom. The monoisotopic (exact) mass is 434 g/mol. The number of carboxylic acid groups (broad SMARTS) is 2. The van der Waals surface area contributed by atoms with Crippen molar-refractivity contribution in [1.82, 2.24) is 16.0 Å². The van der Waals surface area contributed by atoms with E-state index in [1.165, 1.54) is 6.92 Å². The molecule has 30 heavy (non-hydrogen) atoms. The quantitative estimate of drug-likeness (QED) is 0.144. The Balaban J connectivity index is 5.27. The number of hydrogen-bond acceptors (Lipinski definition) is 8. The van der Waals surface area contributed by atoms with E-state index in [-0.39, 0.29) is 12.3 Å². The molecule has 0 rings (SSSR count). The number of aliphatic hydroxyl groups excluding tert-OH is 2. The third kappa shape index (κ3) is 9.62. The summed E-state index contributed by atoms with van der Waals surface area (Å²) >= 11 is 0. The van der Waals surface area contributed by atoms with Crippen LogP contribution in [-0.4, -0.2) is 87.0 Å². The molecule has 0 saturated carbocycles. The molecule has 172 valence electrons. The first-order valence-corrected chi connectivity index (χ1v) is 9.20. The number of carbonyl (C=O) groups is 5. The van der Waals surface area contributed by atoms with E-state index in [0.29, 0.717) is 0 Å². The molecule has 0 aromatic heterocycles. The summed E-state index contributed by atoms with van der Waals surface area (Å²) in [6.45, 7) is 3.79. The van der Waals surface area contributed by atoms with Gasteiger partial charge in [-0.05, 0) is 19.3 Å². The summed E-state index contributed by atoms with van der Waals surface area (Å²) in [5, 5.41) is 43.2. The normalized spacial score (nSPS) is 16.0. The molecule has 0 saturated heterocycles. The number of aliphatic carboxylic acids is 2. The molecular formula is C17H30N4O9. The van der Waals surface area contributed by atoms with Crippen LogP contribution >= 0.6 is 0 Å². The highest BCUT2D eigenvalue weighted by Gasteiger charge is 2.32. The van der Waals surface area contributed by atoms with Crippen LogP contribution in [0.3, 0.4) is 0 Å². The van der Waals surface area contributed by atoms with E-state index in [0.717, 1.165) is 0 Å².